The topological polar surface area (TPSA) is 57.2 Å². The van der Waals surface area contributed by atoms with Crippen LogP contribution in [0.25, 0.3) is 11.3 Å². The van der Waals surface area contributed by atoms with E-state index in [9.17, 15) is 0 Å². The lowest BCUT2D eigenvalue weighted by molar-refractivity contribution is 0.289. The minimum atomic E-state index is 0.336. The van der Waals surface area contributed by atoms with Gasteiger partial charge in [0.25, 0.3) is 0 Å². The Bertz CT molecular complexity index is 1310. The van der Waals surface area contributed by atoms with Gasteiger partial charge in [-0.3, -0.25) is 4.57 Å². The quantitative estimate of drug-likeness (QED) is 0.316. The summed E-state index contributed by atoms with van der Waals surface area (Å²) in [7, 11) is 0. The zero-order valence-corrected chi connectivity index (χ0v) is 18.8. The number of aromatic nitrogens is 5. The van der Waals surface area contributed by atoms with E-state index in [1.165, 1.54) is 0 Å². The second-order valence-electron chi connectivity index (χ2n) is 7.57. The van der Waals surface area contributed by atoms with Crippen LogP contribution in [0.3, 0.4) is 0 Å². The molecule has 0 amide bonds. The van der Waals surface area contributed by atoms with Gasteiger partial charge in [0.1, 0.15) is 18.0 Å². The maximum atomic E-state index is 6.18. The van der Waals surface area contributed by atoms with Gasteiger partial charge in [-0.1, -0.05) is 54.2 Å². The zero-order valence-electron chi connectivity index (χ0n) is 18.0. The van der Waals surface area contributed by atoms with Crippen molar-refractivity contribution in [2.45, 2.75) is 31.4 Å². The fourth-order valence-corrected chi connectivity index (χ4v) is 4.54. The predicted molar refractivity (Wildman–Crippen MR) is 126 cm³/mol. The second-order valence-corrected chi connectivity index (χ2v) is 8.51. The Morgan fingerprint density at radius 1 is 0.875 bits per heavy atom. The van der Waals surface area contributed by atoms with Crippen molar-refractivity contribution in [1.82, 2.24) is 24.1 Å². The number of hydrogen-bond acceptors (Lipinski definition) is 5. The fourth-order valence-electron chi connectivity index (χ4n) is 3.68. The third kappa shape index (κ3) is 4.11. The first-order valence-electron chi connectivity index (χ1n) is 10.4. The van der Waals surface area contributed by atoms with Gasteiger partial charge in [-0.2, -0.15) is 0 Å². The maximum absolute atomic E-state index is 6.18. The summed E-state index contributed by atoms with van der Waals surface area (Å²) in [5, 5.41) is 9.76. The number of hydrogen-bond donors (Lipinski definition) is 0. The molecule has 6 nitrogen and oxygen atoms in total. The van der Waals surface area contributed by atoms with Crippen LogP contribution >= 0.6 is 11.8 Å². The summed E-state index contributed by atoms with van der Waals surface area (Å²) in [5.74, 6) is 2.36. The van der Waals surface area contributed by atoms with E-state index in [2.05, 4.69) is 59.1 Å². The second kappa shape index (κ2) is 8.88. The summed E-state index contributed by atoms with van der Waals surface area (Å²) in [6.45, 7) is 4.45. The lowest BCUT2D eigenvalue weighted by atomic mass is 10.1. The average Bonchev–Trinajstić information content (AvgIpc) is 3.41. The summed E-state index contributed by atoms with van der Waals surface area (Å²) < 4.78 is 10.3. The summed E-state index contributed by atoms with van der Waals surface area (Å²) in [6, 6.07) is 22.3. The van der Waals surface area contributed by atoms with E-state index in [0.29, 0.717) is 12.4 Å². The van der Waals surface area contributed by atoms with Gasteiger partial charge in [0.15, 0.2) is 11.0 Å². The molecule has 0 atom stereocenters. The van der Waals surface area contributed by atoms with Gasteiger partial charge in [-0.25, -0.2) is 4.98 Å². The van der Waals surface area contributed by atoms with Crippen LogP contribution in [-0.2, 0) is 12.4 Å². The smallest absolute Gasteiger partial charge is 0.196 e. The van der Waals surface area contributed by atoms with Crippen molar-refractivity contribution in [2.75, 3.05) is 0 Å². The summed E-state index contributed by atoms with van der Waals surface area (Å²) in [4.78, 5) is 4.69. The van der Waals surface area contributed by atoms with E-state index in [0.717, 1.165) is 44.9 Å². The van der Waals surface area contributed by atoms with Gasteiger partial charge in [0.05, 0.1) is 5.69 Å². The Morgan fingerprint density at radius 3 is 2.44 bits per heavy atom. The van der Waals surface area contributed by atoms with Crippen LogP contribution in [0.1, 0.15) is 22.6 Å². The van der Waals surface area contributed by atoms with Crippen molar-refractivity contribution < 1.29 is 4.74 Å². The highest BCUT2D eigenvalue weighted by Crippen LogP contribution is 2.27. The van der Waals surface area contributed by atoms with Gasteiger partial charge in [0.2, 0.25) is 0 Å². The Labute approximate surface area is 190 Å². The molecule has 0 saturated heterocycles. The molecule has 5 aromatic rings. The number of pyridine rings is 1. The number of benzene rings is 2. The number of ether oxygens (including phenoxy) is 1. The Balaban J connectivity index is 1.42. The first-order chi connectivity index (χ1) is 15.7. The molecule has 0 radical (unpaired) electrons. The van der Waals surface area contributed by atoms with Crippen LogP contribution in [0.15, 0.2) is 84.3 Å². The van der Waals surface area contributed by atoms with Crippen molar-refractivity contribution in [3.8, 4) is 11.4 Å². The number of rotatable bonds is 7. The van der Waals surface area contributed by atoms with Crippen molar-refractivity contribution in [1.29, 1.82) is 0 Å². The molecule has 0 saturated carbocycles. The van der Waals surface area contributed by atoms with Crippen molar-refractivity contribution in [2.24, 2.45) is 0 Å². The predicted octanol–water partition coefficient (Wildman–Crippen LogP) is 5.40. The van der Waals surface area contributed by atoms with Crippen molar-refractivity contribution in [3.63, 3.8) is 0 Å². The molecule has 3 aromatic heterocycles. The van der Waals surface area contributed by atoms with Gasteiger partial charge in [-0.05, 0) is 49.2 Å². The van der Waals surface area contributed by atoms with Crippen LogP contribution < -0.4 is 4.74 Å². The highest BCUT2D eigenvalue weighted by molar-refractivity contribution is 7.98. The molecule has 0 aliphatic heterocycles. The lowest BCUT2D eigenvalue weighted by Gasteiger charge is -2.13. The standard InChI is InChI=1S/C25H23N5OS/c1-18-9-8-10-19(2)24(18)31-16-23-27-28-25(30(23)21-11-4-3-5-12-21)32-17-20-15-29-14-7-6-13-22(29)26-20/h3-15H,16-17H2,1-2H3. The van der Waals surface area contributed by atoms with E-state index in [4.69, 9.17) is 9.72 Å². The molecule has 0 aliphatic rings. The molecule has 2 aromatic carbocycles. The molecule has 3 heterocycles. The molecule has 160 valence electrons. The first-order valence-corrected chi connectivity index (χ1v) is 11.4. The molecule has 0 unspecified atom stereocenters. The van der Waals surface area contributed by atoms with E-state index < -0.39 is 0 Å². The molecular formula is C25H23N5OS. The number of nitrogens with zero attached hydrogens (tertiary/aromatic N) is 5. The van der Waals surface area contributed by atoms with E-state index in [1.54, 1.807) is 11.8 Å². The van der Waals surface area contributed by atoms with Crippen LogP contribution in [0.5, 0.6) is 5.75 Å². The third-order valence-electron chi connectivity index (χ3n) is 5.23. The minimum absolute atomic E-state index is 0.336. The molecule has 0 aliphatic carbocycles. The maximum Gasteiger partial charge on any atom is 0.196 e. The summed E-state index contributed by atoms with van der Waals surface area (Å²) in [6.07, 6.45) is 4.06. The SMILES string of the molecule is Cc1cccc(C)c1OCc1nnc(SCc2cn3ccccc3n2)n1-c1ccccc1. The number of thioether (sulfide) groups is 1. The Hall–Kier alpha value is -3.58. The van der Waals surface area contributed by atoms with Crippen LogP contribution in [0.2, 0.25) is 0 Å². The van der Waals surface area contributed by atoms with Gasteiger partial charge in [-0.15, -0.1) is 10.2 Å². The molecule has 7 heteroatoms. The van der Waals surface area contributed by atoms with Crippen molar-refractivity contribution >= 4 is 17.4 Å². The van der Waals surface area contributed by atoms with E-state index in [1.807, 2.05) is 53.1 Å². The molecule has 0 spiro atoms. The highest BCUT2D eigenvalue weighted by Gasteiger charge is 2.16. The Morgan fingerprint density at radius 2 is 1.66 bits per heavy atom. The molecular weight excluding hydrogens is 418 g/mol. The number of fused-ring (bicyclic) bond motifs is 1. The molecule has 0 N–H and O–H groups in total. The number of imidazole rings is 1. The van der Waals surface area contributed by atoms with E-state index in [-0.39, 0.29) is 0 Å². The monoisotopic (exact) mass is 441 g/mol. The summed E-state index contributed by atoms with van der Waals surface area (Å²) in [5.41, 5.74) is 5.16. The molecule has 0 bridgehead atoms. The number of para-hydroxylation sites is 2. The first kappa shape index (κ1) is 20.3. The van der Waals surface area contributed by atoms with Gasteiger partial charge in [0, 0.05) is 23.8 Å². The van der Waals surface area contributed by atoms with Gasteiger partial charge >= 0.3 is 0 Å². The minimum Gasteiger partial charge on any atom is -0.485 e. The van der Waals surface area contributed by atoms with Crippen molar-refractivity contribution in [3.05, 3.63) is 102 Å². The largest absolute Gasteiger partial charge is 0.485 e. The fraction of sp³-hybridized carbons (Fsp3) is 0.160. The zero-order chi connectivity index (χ0) is 21.9. The highest BCUT2D eigenvalue weighted by atomic mass is 32.2. The average molecular weight is 442 g/mol. The molecule has 32 heavy (non-hydrogen) atoms. The molecule has 0 fully saturated rings. The Kier molecular flexibility index (Phi) is 5.64. The van der Waals surface area contributed by atoms with E-state index >= 15 is 0 Å². The molecule has 5 rings (SSSR count). The third-order valence-corrected chi connectivity index (χ3v) is 6.19. The lowest BCUT2D eigenvalue weighted by Crippen LogP contribution is -2.07. The normalized spacial score (nSPS) is 11.2. The number of aryl methyl sites for hydroxylation is 2. The summed E-state index contributed by atoms with van der Waals surface area (Å²) >= 11 is 1.62. The van der Waals surface area contributed by atoms with Gasteiger partial charge < -0.3 is 9.14 Å². The van der Waals surface area contributed by atoms with Crippen LogP contribution in [0.4, 0.5) is 0 Å². The van der Waals surface area contributed by atoms with Crippen LogP contribution in [-0.4, -0.2) is 24.1 Å². The van der Waals surface area contributed by atoms with Crippen LogP contribution in [0, 0.1) is 13.8 Å².